The second-order valence-electron chi connectivity index (χ2n) is 4.35. The Balaban J connectivity index is 0.00000289. The predicted molar refractivity (Wildman–Crippen MR) is 67.3 cm³/mol. The van der Waals surface area contributed by atoms with Gasteiger partial charge >= 0.3 is 6.18 Å². The van der Waals surface area contributed by atoms with Crippen molar-refractivity contribution >= 4 is 12.4 Å². The summed E-state index contributed by atoms with van der Waals surface area (Å²) in [5.74, 6) is 0. The number of nitrogens with one attached hydrogen (secondary N) is 1. The summed E-state index contributed by atoms with van der Waals surface area (Å²) in [6, 6.07) is 0.449. The summed E-state index contributed by atoms with van der Waals surface area (Å²) in [5, 5.41) is 3.26. The van der Waals surface area contributed by atoms with E-state index in [9.17, 15) is 13.2 Å². The average molecular weight is 291 g/mol. The molecule has 1 fully saturated rings. The van der Waals surface area contributed by atoms with Crippen molar-refractivity contribution in [3.63, 3.8) is 0 Å². The summed E-state index contributed by atoms with van der Waals surface area (Å²) in [6.07, 6.45) is -2.14. The smallest absolute Gasteiger partial charge is 0.371 e. The Bertz CT molecular complexity index is 211. The lowest BCUT2D eigenvalue weighted by molar-refractivity contribution is -0.174. The van der Waals surface area contributed by atoms with Gasteiger partial charge in [0.15, 0.2) is 0 Å². The van der Waals surface area contributed by atoms with E-state index in [0.717, 1.165) is 32.5 Å². The second-order valence-corrected chi connectivity index (χ2v) is 4.35. The molecule has 3 nitrogen and oxygen atoms in total. The van der Waals surface area contributed by atoms with Crippen LogP contribution in [0.1, 0.15) is 19.8 Å². The summed E-state index contributed by atoms with van der Waals surface area (Å²) in [4.78, 5) is 2.22. The average Bonchev–Trinajstić information content (AvgIpc) is 2.74. The molecular weight excluding hydrogens is 269 g/mol. The maximum Gasteiger partial charge on any atom is 0.411 e. The molecular formula is C11H22ClF3N2O. The van der Waals surface area contributed by atoms with Crippen molar-refractivity contribution in [3.8, 4) is 0 Å². The standard InChI is InChI=1S/C11H21F3N2O.ClH/c1-2-5-16(10-3-4-15-8-10)6-7-17-9-11(12,13)14;/h10,15H,2-9H2,1H3;1H. The fourth-order valence-corrected chi connectivity index (χ4v) is 2.08. The zero-order valence-electron chi connectivity index (χ0n) is 10.6. The Morgan fingerprint density at radius 3 is 2.56 bits per heavy atom. The maximum absolute atomic E-state index is 11.9. The number of hydrogen-bond donors (Lipinski definition) is 1. The van der Waals surface area contributed by atoms with Gasteiger partial charge in [0.2, 0.25) is 0 Å². The minimum atomic E-state index is -4.22. The van der Waals surface area contributed by atoms with Crippen LogP contribution < -0.4 is 5.32 Å². The quantitative estimate of drug-likeness (QED) is 0.727. The van der Waals surface area contributed by atoms with Gasteiger partial charge in [-0.25, -0.2) is 0 Å². The van der Waals surface area contributed by atoms with E-state index in [1.165, 1.54) is 0 Å². The number of ether oxygens (including phenoxy) is 1. The van der Waals surface area contributed by atoms with Gasteiger partial charge in [-0.3, -0.25) is 4.90 Å². The zero-order valence-corrected chi connectivity index (χ0v) is 11.4. The first-order chi connectivity index (χ1) is 8.03. The highest BCUT2D eigenvalue weighted by molar-refractivity contribution is 5.85. The third-order valence-electron chi connectivity index (χ3n) is 2.85. The summed E-state index contributed by atoms with van der Waals surface area (Å²) in [6.45, 7) is 4.50. The first kappa shape index (κ1) is 18.0. The van der Waals surface area contributed by atoms with E-state index in [0.29, 0.717) is 12.6 Å². The van der Waals surface area contributed by atoms with E-state index in [2.05, 4.69) is 21.9 Å². The summed E-state index contributed by atoms with van der Waals surface area (Å²) in [7, 11) is 0. The predicted octanol–water partition coefficient (Wildman–Crippen LogP) is 2.06. The fourth-order valence-electron chi connectivity index (χ4n) is 2.08. The van der Waals surface area contributed by atoms with Crippen molar-refractivity contribution in [2.75, 3.05) is 39.4 Å². The van der Waals surface area contributed by atoms with Crippen molar-refractivity contribution in [2.24, 2.45) is 0 Å². The lowest BCUT2D eigenvalue weighted by Crippen LogP contribution is -2.40. The molecule has 0 aromatic carbocycles. The minimum absolute atomic E-state index is 0. The molecule has 0 spiro atoms. The van der Waals surface area contributed by atoms with Crippen LogP contribution in [0.25, 0.3) is 0 Å². The van der Waals surface area contributed by atoms with Gasteiger partial charge in [-0.2, -0.15) is 13.2 Å². The van der Waals surface area contributed by atoms with Crippen molar-refractivity contribution in [1.82, 2.24) is 10.2 Å². The van der Waals surface area contributed by atoms with Gasteiger partial charge in [0.05, 0.1) is 6.61 Å². The first-order valence-electron chi connectivity index (χ1n) is 6.12. The molecule has 1 N–H and O–H groups in total. The van der Waals surface area contributed by atoms with Crippen LogP contribution in [0.5, 0.6) is 0 Å². The molecule has 18 heavy (non-hydrogen) atoms. The van der Waals surface area contributed by atoms with E-state index in [1.807, 2.05) is 0 Å². The van der Waals surface area contributed by atoms with Crippen molar-refractivity contribution in [1.29, 1.82) is 0 Å². The molecule has 0 bridgehead atoms. The molecule has 0 aliphatic carbocycles. The van der Waals surface area contributed by atoms with Gasteiger partial charge in [0.1, 0.15) is 6.61 Å². The Kier molecular flexibility index (Phi) is 8.94. The number of alkyl halides is 3. The number of halogens is 4. The normalized spacial score (nSPS) is 20.2. The van der Waals surface area contributed by atoms with E-state index >= 15 is 0 Å². The molecule has 1 atom stereocenters. The molecule has 1 unspecified atom stereocenters. The largest absolute Gasteiger partial charge is 0.411 e. The Morgan fingerprint density at radius 2 is 2.06 bits per heavy atom. The Labute approximate surface area is 112 Å². The van der Waals surface area contributed by atoms with E-state index in [-0.39, 0.29) is 19.0 Å². The van der Waals surface area contributed by atoms with Gasteiger partial charge in [-0.05, 0) is 25.9 Å². The molecule has 1 saturated heterocycles. The molecule has 1 aliphatic rings. The molecule has 1 heterocycles. The molecule has 0 saturated carbocycles. The maximum atomic E-state index is 11.9. The number of hydrogen-bond acceptors (Lipinski definition) is 3. The van der Waals surface area contributed by atoms with Crippen molar-refractivity contribution < 1.29 is 17.9 Å². The van der Waals surface area contributed by atoms with Crippen LogP contribution in [0.2, 0.25) is 0 Å². The highest BCUT2D eigenvalue weighted by Crippen LogP contribution is 2.14. The lowest BCUT2D eigenvalue weighted by atomic mass is 10.2. The third-order valence-corrected chi connectivity index (χ3v) is 2.85. The van der Waals surface area contributed by atoms with E-state index in [1.54, 1.807) is 0 Å². The van der Waals surface area contributed by atoms with Crippen LogP contribution in [-0.2, 0) is 4.74 Å². The molecule has 1 aliphatic heterocycles. The van der Waals surface area contributed by atoms with Crippen LogP contribution in [0, 0.1) is 0 Å². The van der Waals surface area contributed by atoms with Crippen LogP contribution >= 0.6 is 12.4 Å². The van der Waals surface area contributed by atoms with Crippen LogP contribution in [-0.4, -0.2) is 56.5 Å². The third kappa shape index (κ3) is 7.41. The molecule has 0 radical (unpaired) electrons. The van der Waals surface area contributed by atoms with Gasteiger partial charge < -0.3 is 10.1 Å². The van der Waals surface area contributed by atoms with E-state index < -0.39 is 12.8 Å². The van der Waals surface area contributed by atoms with Gasteiger partial charge in [0.25, 0.3) is 0 Å². The molecule has 1 rings (SSSR count). The molecule has 0 aromatic rings. The number of rotatable bonds is 7. The van der Waals surface area contributed by atoms with Crippen LogP contribution in [0.15, 0.2) is 0 Å². The van der Waals surface area contributed by atoms with Crippen molar-refractivity contribution in [2.45, 2.75) is 32.0 Å². The van der Waals surface area contributed by atoms with E-state index in [4.69, 9.17) is 0 Å². The molecule has 0 aromatic heterocycles. The zero-order chi connectivity index (χ0) is 12.7. The monoisotopic (exact) mass is 290 g/mol. The molecule has 0 amide bonds. The van der Waals surface area contributed by atoms with Gasteiger partial charge in [0, 0.05) is 19.1 Å². The fraction of sp³-hybridized carbons (Fsp3) is 1.00. The second kappa shape index (κ2) is 8.96. The highest BCUT2D eigenvalue weighted by atomic mass is 35.5. The van der Waals surface area contributed by atoms with Gasteiger partial charge in [-0.1, -0.05) is 6.92 Å². The molecule has 7 heteroatoms. The van der Waals surface area contributed by atoms with Crippen LogP contribution in [0.3, 0.4) is 0 Å². The SMILES string of the molecule is CCCN(CCOCC(F)(F)F)C1CCNC1.Cl. The topological polar surface area (TPSA) is 24.5 Å². The Morgan fingerprint density at radius 1 is 1.33 bits per heavy atom. The van der Waals surface area contributed by atoms with Crippen LogP contribution in [0.4, 0.5) is 13.2 Å². The van der Waals surface area contributed by atoms with Gasteiger partial charge in [-0.15, -0.1) is 12.4 Å². The summed E-state index contributed by atoms with van der Waals surface area (Å²) in [5.41, 5.74) is 0. The summed E-state index contributed by atoms with van der Waals surface area (Å²) >= 11 is 0. The molecule has 110 valence electrons. The highest BCUT2D eigenvalue weighted by Gasteiger charge is 2.27. The lowest BCUT2D eigenvalue weighted by Gasteiger charge is -2.27. The summed E-state index contributed by atoms with van der Waals surface area (Å²) < 4.78 is 40.3. The van der Waals surface area contributed by atoms with Crippen molar-refractivity contribution in [3.05, 3.63) is 0 Å². The Hall–Kier alpha value is -0.0400. The number of nitrogens with zero attached hydrogens (tertiary/aromatic N) is 1. The first-order valence-corrected chi connectivity index (χ1v) is 6.12. The minimum Gasteiger partial charge on any atom is -0.371 e.